The number of nitrogens with one attached hydrogen (secondary N) is 2. The zero-order valence-electron chi connectivity index (χ0n) is 16.6. The van der Waals surface area contributed by atoms with Gasteiger partial charge in [0.2, 0.25) is 10.0 Å². The number of ether oxygens (including phenoxy) is 1. The maximum Gasteiger partial charge on any atom is 0.251 e. The Morgan fingerprint density at radius 3 is 2.61 bits per heavy atom. The van der Waals surface area contributed by atoms with Crippen LogP contribution in [0.4, 0.5) is 4.39 Å². The number of sulfonamides is 1. The third-order valence-electron chi connectivity index (χ3n) is 5.08. The van der Waals surface area contributed by atoms with Crippen molar-refractivity contribution in [3.63, 3.8) is 0 Å². The van der Waals surface area contributed by atoms with Gasteiger partial charge in [-0.25, -0.2) is 17.5 Å². The molecule has 0 spiro atoms. The fraction of sp³-hybridized carbons (Fsp3) is 0.381. The third kappa shape index (κ3) is 6.47. The predicted molar refractivity (Wildman–Crippen MR) is 114 cm³/mol. The molecule has 3 rings (SSSR count). The van der Waals surface area contributed by atoms with Gasteiger partial charge < -0.3 is 15.2 Å². The lowest BCUT2D eigenvalue weighted by Crippen LogP contribution is -2.51. The highest BCUT2D eigenvalue weighted by Gasteiger charge is 2.32. The summed E-state index contributed by atoms with van der Waals surface area (Å²) in [5, 5.41) is 12.8. The summed E-state index contributed by atoms with van der Waals surface area (Å²) >= 11 is 5.85. The molecular weight excluding hydrogens is 447 g/mol. The molecule has 1 saturated heterocycles. The summed E-state index contributed by atoms with van der Waals surface area (Å²) in [6.07, 6.45) is 0.675. The molecule has 2 aromatic rings. The van der Waals surface area contributed by atoms with E-state index in [4.69, 9.17) is 16.3 Å². The molecule has 3 N–H and O–H groups in total. The molecule has 31 heavy (non-hydrogen) atoms. The second-order valence-electron chi connectivity index (χ2n) is 7.29. The van der Waals surface area contributed by atoms with Crippen LogP contribution < -0.4 is 10.0 Å². The number of hydrogen-bond donors (Lipinski definition) is 3. The van der Waals surface area contributed by atoms with E-state index in [1.807, 2.05) is 0 Å². The van der Waals surface area contributed by atoms with Gasteiger partial charge in [0.15, 0.2) is 0 Å². The van der Waals surface area contributed by atoms with Gasteiger partial charge in [-0.1, -0.05) is 17.7 Å². The summed E-state index contributed by atoms with van der Waals surface area (Å²) in [7, 11) is -3.69. The topological polar surface area (TPSA) is 105 Å². The van der Waals surface area contributed by atoms with Gasteiger partial charge in [0.1, 0.15) is 11.9 Å². The standard InChI is InChI=1S/C21H24ClFN2O5S/c22-15-2-1-3-18(12-15)31(28,29)24-11-10-17-8-9-19(20(13-26)30-17)25-21(27)14-4-6-16(23)7-5-14/h1-7,12,17,19-20,24,26H,8-11,13H2,(H,25,27)/t17-,19-,20+/m0/s1. The Morgan fingerprint density at radius 2 is 1.94 bits per heavy atom. The van der Waals surface area contributed by atoms with Gasteiger partial charge in [0.05, 0.1) is 23.6 Å². The van der Waals surface area contributed by atoms with Crippen molar-refractivity contribution in [2.45, 2.75) is 42.4 Å². The maximum atomic E-state index is 13.0. The first-order valence-electron chi connectivity index (χ1n) is 9.86. The first kappa shape index (κ1) is 23.6. The van der Waals surface area contributed by atoms with Crippen molar-refractivity contribution in [2.75, 3.05) is 13.2 Å². The zero-order valence-corrected chi connectivity index (χ0v) is 18.2. The fourth-order valence-electron chi connectivity index (χ4n) is 3.43. The molecular formula is C21H24ClFN2O5S. The van der Waals surface area contributed by atoms with Crippen LogP contribution in [0.3, 0.4) is 0 Å². The average molecular weight is 471 g/mol. The largest absolute Gasteiger partial charge is 0.394 e. The molecule has 0 bridgehead atoms. The van der Waals surface area contributed by atoms with Crippen LogP contribution in [0.2, 0.25) is 5.02 Å². The second kappa shape index (κ2) is 10.5. The molecule has 3 atom stereocenters. The first-order chi connectivity index (χ1) is 14.8. The van der Waals surface area contributed by atoms with E-state index in [0.29, 0.717) is 29.8 Å². The van der Waals surface area contributed by atoms with Gasteiger partial charge in [-0.3, -0.25) is 4.79 Å². The van der Waals surface area contributed by atoms with Gasteiger partial charge >= 0.3 is 0 Å². The Bertz CT molecular complexity index is 1000. The monoisotopic (exact) mass is 470 g/mol. The number of benzene rings is 2. The predicted octanol–water partition coefficient (Wildman–Crippen LogP) is 2.49. The van der Waals surface area contributed by atoms with E-state index in [0.717, 1.165) is 0 Å². The lowest BCUT2D eigenvalue weighted by Gasteiger charge is -2.36. The van der Waals surface area contributed by atoms with Crippen LogP contribution in [0, 0.1) is 5.82 Å². The minimum atomic E-state index is -3.69. The summed E-state index contributed by atoms with van der Waals surface area (Å²) in [5.41, 5.74) is 0.315. The quantitative estimate of drug-likeness (QED) is 0.549. The molecule has 7 nitrogen and oxygen atoms in total. The normalized spacial score (nSPS) is 21.6. The maximum absolute atomic E-state index is 13.0. The molecule has 1 amide bonds. The number of hydrogen-bond acceptors (Lipinski definition) is 5. The van der Waals surface area contributed by atoms with E-state index >= 15 is 0 Å². The molecule has 1 fully saturated rings. The summed E-state index contributed by atoms with van der Waals surface area (Å²) in [6, 6.07) is 10.8. The average Bonchev–Trinajstić information content (AvgIpc) is 2.75. The van der Waals surface area contributed by atoms with Crippen molar-refractivity contribution in [3.05, 3.63) is 64.9 Å². The number of amides is 1. The van der Waals surface area contributed by atoms with Gasteiger partial charge in [0.25, 0.3) is 5.91 Å². The molecule has 0 aliphatic carbocycles. The minimum Gasteiger partial charge on any atom is -0.394 e. The highest BCUT2D eigenvalue weighted by molar-refractivity contribution is 7.89. The summed E-state index contributed by atoms with van der Waals surface area (Å²) in [5.74, 6) is -0.806. The van der Waals surface area contributed by atoms with Crippen LogP contribution in [0.1, 0.15) is 29.6 Å². The van der Waals surface area contributed by atoms with Gasteiger partial charge in [-0.15, -0.1) is 0 Å². The Morgan fingerprint density at radius 1 is 1.19 bits per heavy atom. The van der Waals surface area contributed by atoms with Crippen LogP contribution in [0.25, 0.3) is 0 Å². The number of carbonyl (C=O) groups is 1. The van der Waals surface area contributed by atoms with Crippen molar-refractivity contribution in [1.82, 2.24) is 10.0 Å². The summed E-state index contributed by atoms with van der Waals surface area (Å²) in [4.78, 5) is 12.4. The van der Waals surface area contributed by atoms with Crippen LogP contribution in [-0.4, -0.2) is 50.8 Å². The van der Waals surface area contributed by atoms with Gasteiger partial charge in [-0.2, -0.15) is 0 Å². The molecule has 1 aliphatic rings. The first-order valence-corrected chi connectivity index (χ1v) is 11.7. The van der Waals surface area contributed by atoms with Crippen molar-refractivity contribution >= 4 is 27.5 Å². The lowest BCUT2D eigenvalue weighted by atomic mass is 9.97. The van der Waals surface area contributed by atoms with Crippen molar-refractivity contribution in [3.8, 4) is 0 Å². The molecule has 1 heterocycles. The van der Waals surface area contributed by atoms with Crippen molar-refractivity contribution < 1.29 is 27.4 Å². The highest BCUT2D eigenvalue weighted by atomic mass is 35.5. The molecule has 0 unspecified atom stereocenters. The van der Waals surface area contributed by atoms with Crippen molar-refractivity contribution in [1.29, 1.82) is 0 Å². The number of carbonyl (C=O) groups excluding carboxylic acids is 1. The Balaban J connectivity index is 1.50. The van der Waals surface area contributed by atoms with E-state index in [1.54, 1.807) is 12.1 Å². The molecule has 0 radical (unpaired) electrons. The lowest BCUT2D eigenvalue weighted by molar-refractivity contribution is -0.0891. The fourth-order valence-corrected chi connectivity index (χ4v) is 4.78. The molecule has 2 aromatic carbocycles. The van der Waals surface area contributed by atoms with Crippen LogP contribution in [0.15, 0.2) is 53.4 Å². The molecule has 0 aromatic heterocycles. The van der Waals surface area contributed by atoms with Crippen LogP contribution >= 0.6 is 11.6 Å². The SMILES string of the molecule is O=C(N[C@H]1CC[C@@H](CCNS(=O)(=O)c2cccc(Cl)c2)O[C@@H]1CO)c1ccc(F)cc1. The van der Waals surface area contributed by atoms with E-state index in [9.17, 15) is 22.7 Å². The molecule has 168 valence electrons. The zero-order chi connectivity index (χ0) is 22.4. The third-order valence-corrected chi connectivity index (χ3v) is 6.78. The number of aliphatic hydroxyl groups excluding tert-OH is 1. The number of aliphatic hydroxyl groups is 1. The highest BCUT2D eigenvalue weighted by Crippen LogP contribution is 2.22. The number of rotatable bonds is 8. The van der Waals surface area contributed by atoms with Gasteiger partial charge in [0, 0.05) is 17.1 Å². The number of halogens is 2. The van der Waals surface area contributed by atoms with Crippen LogP contribution in [-0.2, 0) is 14.8 Å². The summed E-state index contributed by atoms with van der Waals surface area (Å²) < 4.78 is 46.1. The van der Waals surface area contributed by atoms with Crippen LogP contribution in [0.5, 0.6) is 0 Å². The molecule has 1 aliphatic heterocycles. The molecule has 10 heteroatoms. The van der Waals surface area contributed by atoms with E-state index in [-0.39, 0.29) is 30.1 Å². The van der Waals surface area contributed by atoms with Gasteiger partial charge in [-0.05, 0) is 61.7 Å². The smallest absolute Gasteiger partial charge is 0.251 e. The minimum absolute atomic E-state index is 0.0846. The Labute approximate surface area is 185 Å². The Hall–Kier alpha value is -2.04. The second-order valence-corrected chi connectivity index (χ2v) is 9.49. The van der Waals surface area contributed by atoms with E-state index in [2.05, 4.69) is 10.0 Å². The molecule has 0 saturated carbocycles. The summed E-state index contributed by atoms with van der Waals surface area (Å²) in [6.45, 7) is -0.136. The van der Waals surface area contributed by atoms with Crippen molar-refractivity contribution in [2.24, 2.45) is 0 Å². The Kier molecular flexibility index (Phi) is 8.01. The van der Waals surface area contributed by atoms with E-state index in [1.165, 1.54) is 36.4 Å². The van der Waals surface area contributed by atoms with E-state index < -0.39 is 28.0 Å².